The highest BCUT2D eigenvalue weighted by molar-refractivity contribution is 6.39. The van der Waals surface area contributed by atoms with Crippen molar-refractivity contribution in [3.63, 3.8) is 0 Å². The van der Waals surface area contributed by atoms with Gasteiger partial charge in [-0.25, -0.2) is 10.2 Å². The second-order valence-corrected chi connectivity index (χ2v) is 7.56. The summed E-state index contributed by atoms with van der Waals surface area (Å²) in [5.41, 5.74) is 3.52. The van der Waals surface area contributed by atoms with Crippen LogP contribution in [0.15, 0.2) is 96.1 Å². The molecule has 0 aliphatic rings. The molecule has 0 aliphatic heterocycles. The highest BCUT2D eigenvalue weighted by Gasteiger charge is 2.15. The summed E-state index contributed by atoms with van der Waals surface area (Å²) >= 11 is 0. The monoisotopic (exact) mass is 481 g/mol. The lowest BCUT2D eigenvalue weighted by Crippen LogP contribution is -2.32. The smallest absolute Gasteiger partial charge is 0.343 e. The van der Waals surface area contributed by atoms with Gasteiger partial charge in [0.05, 0.1) is 18.4 Å². The molecule has 0 spiro atoms. The van der Waals surface area contributed by atoms with E-state index >= 15 is 0 Å². The Bertz CT molecular complexity index is 1420. The molecule has 8 heteroatoms. The van der Waals surface area contributed by atoms with Crippen LogP contribution >= 0.6 is 0 Å². The third kappa shape index (κ3) is 5.92. The van der Waals surface area contributed by atoms with E-state index in [1.165, 1.54) is 6.21 Å². The van der Waals surface area contributed by atoms with Crippen molar-refractivity contribution in [2.24, 2.45) is 5.10 Å². The predicted octanol–water partition coefficient (Wildman–Crippen LogP) is 4.55. The molecule has 8 nitrogen and oxygen atoms in total. The van der Waals surface area contributed by atoms with E-state index in [1.807, 2.05) is 37.3 Å². The van der Waals surface area contributed by atoms with E-state index in [-0.39, 0.29) is 5.75 Å². The lowest BCUT2D eigenvalue weighted by molar-refractivity contribution is -0.136. The third-order valence-electron chi connectivity index (χ3n) is 5.13. The minimum Gasteiger partial charge on any atom is -0.494 e. The summed E-state index contributed by atoms with van der Waals surface area (Å²) in [7, 11) is 0. The highest BCUT2D eigenvalue weighted by atomic mass is 16.5. The molecule has 4 aromatic carbocycles. The Morgan fingerprint density at radius 1 is 0.833 bits per heavy atom. The topological polar surface area (TPSA) is 106 Å². The van der Waals surface area contributed by atoms with Crippen LogP contribution in [0.25, 0.3) is 10.8 Å². The second-order valence-electron chi connectivity index (χ2n) is 7.56. The van der Waals surface area contributed by atoms with E-state index in [1.54, 1.807) is 60.7 Å². The number of fused-ring (bicyclic) bond motifs is 1. The molecule has 0 saturated heterocycles. The van der Waals surface area contributed by atoms with Gasteiger partial charge >= 0.3 is 17.8 Å². The Morgan fingerprint density at radius 3 is 2.31 bits per heavy atom. The van der Waals surface area contributed by atoms with Gasteiger partial charge in [0, 0.05) is 11.3 Å². The molecule has 0 unspecified atom stereocenters. The molecule has 4 rings (SSSR count). The molecular formula is C28H23N3O5. The largest absolute Gasteiger partial charge is 0.494 e. The maximum atomic E-state index is 12.6. The number of hydrazone groups is 1. The molecule has 0 atom stereocenters. The Balaban J connectivity index is 1.49. The fourth-order valence-electron chi connectivity index (χ4n) is 3.43. The molecule has 36 heavy (non-hydrogen) atoms. The quantitative estimate of drug-likeness (QED) is 0.132. The molecule has 2 amide bonds. The molecule has 0 radical (unpaired) electrons. The van der Waals surface area contributed by atoms with Gasteiger partial charge in [-0.05, 0) is 60.2 Å². The minimum absolute atomic E-state index is 0.263. The summed E-state index contributed by atoms with van der Waals surface area (Å²) in [6.07, 6.45) is 1.35. The molecule has 4 aromatic rings. The van der Waals surface area contributed by atoms with Crippen molar-refractivity contribution in [3.05, 3.63) is 102 Å². The Labute approximate surface area is 207 Å². The Morgan fingerprint density at radius 2 is 1.56 bits per heavy atom. The van der Waals surface area contributed by atoms with Gasteiger partial charge in [-0.1, -0.05) is 48.5 Å². The fraction of sp³-hybridized carbons (Fsp3) is 0.0714. The first-order valence-corrected chi connectivity index (χ1v) is 11.2. The molecule has 180 valence electrons. The van der Waals surface area contributed by atoms with E-state index < -0.39 is 17.8 Å². The van der Waals surface area contributed by atoms with Crippen LogP contribution < -0.4 is 20.2 Å². The molecule has 0 heterocycles. The minimum atomic E-state index is -0.955. The van der Waals surface area contributed by atoms with Gasteiger partial charge in [0.15, 0.2) is 0 Å². The highest BCUT2D eigenvalue weighted by Crippen LogP contribution is 2.27. The van der Waals surface area contributed by atoms with Gasteiger partial charge in [0.2, 0.25) is 0 Å². The summed E-state index contributed by atoms with van der Waals surface area (Å²) in [6.45, 7) is 2.39. The molecule has 0 bridgehead atoms. The zero-order chi connectivity index (χ0) is 25.3. The van der Waals surface area contributed by atoms with E-state index in [0.717, 1.165) is 10.8 Å². The summed E-state index contributed by atoms with van der Waals surface area (Å²) in [6, 6.07) is 26.2. The summed E-state index contributed by atoms with van der Waals surface area (Å²) in [4.78, 5) is 37.1. The van der Waals surface area contributed by atoms with Gasteiger partial charge in [-0.15, -0.1) is 0 Å². The van der Waals surface area contributed by atoms with Gasteiger partial charge in [-0.3, -0.25) is 9.59 Å². The van der Waals surface area contributed by atoms with Crippen molar-refractivity contribution in [2.75, 3.05) is 11.9 Å². The van der Waals surface area contributed by atoms with E-state index in [4.69, 9.17) is 9.47 Å². The van der Waals surface area contributed by atoms with Crippen LogP contribution in [0.5, 0.6) is 11.5 Å². The van der Waals surface area contributed by atoms with Crippen molar-refractivity contribution >= 4 is 40.5 Å². The number of rotatable bonds is 7. The zero-order valence-corrected chi connectivity index (χ0v) is 19.4. The predicted molar refractivity (Wildman–Crippen MR) is 137 cm³/mol. The summed E-state index contributed by atoms with van der Waals surface area (Å²) in [5, 5.41) is 8.08. The maximum Gasteiger partial charge on any atom is 0.343 e. The fourth-order valence-corrected chi connectivity index (χ4v) is 3.43. The van der Waals surface area contributed by atoms with E-state index in [2.05, 4.69) is 15.8 Å². The molecular weight excluding hydrogens is 458 g/mol. The normalized spacial score (nSPS) is 10.7. The maximum absolute atomic E-state index is 12.6. The average molecular weight is 482 g/mol. The first kappa shape index (κ1) is 24.2. The average Bonchev–Trinajstić information content (AvgIpc) is 2.91. The summed E-state index contributed by atoms with van der Waals surface area (Å²) < 4.78 is 11.0. The van der Waals surface area contributed by atoms with Crippen LogP contribution in [0, 0.1) is 0 Å². The number of ether oxygens (including phenoxy) is 2. The molecule has 0 saturated carbocycles. The van der Waals surface area contributed by atoms with Crippen LogP contribution in [0.2, 0.25) is 0 Å². The first-order valence-electron chi connectivity index (χ1n) is 11.2. The number of esters is 1. The number of hydrogen-bond acceptors (Lipinski definition) is 6. The van der Waals surface area contributed by atoms with Crippen molar-refractivity contribution < 1.29 is 23.9 Å². The van der Waals surface area contributed by atoms with Gasteiger partial charge in [0.25, 0.3) is 0 Å². The molecule has 0 fully saturated rings. The van der Waals surface area contributed by atoms with Crippen LogP contribution in [0.3, 0.4) is 0 Å². The first-order chi connectivity index (χ1) is 17.5. The number of anilines is 1. The van der Waals surface area contributed by atoms with Crippen molar-refractivity contribution in [2.45, 2.75) is 6.92 Å². The summed E-state index contributed by atoms with van der Waals surface area (Å²) in [5.74, 6) is -1.45. The SMILES string of the molecule is CCOc1ccc(NC(=O)C(=O)N/N=C\c2c(OC(=O)c3ccccc3)ccc3ccccc23)cc1. The van der Waals surface area contributed by atoms with Gasteiger partial charge in [-0.2, -0.15) is 5.10 Å². The van der Waals surface area contributed by atoms with E-state index in [9.17, 15) is 14.4 Å². The van der Waals surface area contributed by atoms with Crippen molar-refractivity contribution in [1.82, 2.24) is 5.43 Å². The van der Waals surface area contributed by atoms with Crippen LogP contribution in [-0.4, -0.2) is 30.6 Å². The zero-order valence-electron chi connectivity index (χ0n) is 19.4. The number of carbonyl (C=O) groups excluding carboxylic acids is 3. The van der Waals surface area contributed by atoms with Crippen LogP contribution in [-0.2, 0) is 9.59 Å². The Kier molecular flexibility index (Phi) is 7.67. The van der Waals surface area contributed by atoms with Gasteiger partial charge < -0.3 is 14.8 Å². The van der Waals surface area contributed by atoms with E-state index in [0.29, 0.717) is 29.2 Å². The lowest BCUT2D eigenvalue weighted by atomic mass is 10.0. The van der Waals surface area contributed by atoms with Crippen LogP contribution in [0.1, 0.15) is 22.8 Å². The number of amides is 2. The van der Waals surface area contributed by atoms with Crippen molar-refractivity contribution in [1.29, 1.82) is 0 Å². The van der Waals surface area contributed by atoms with Crippen molar-refractivity contribution in [3.8, 4) is 11.5 Å². The number of benzene rings is 4. The second kappa shape index (κ2) is 11.4. The molecule has 0 aliphatic carbocycles. The molecule has 0 aromatic heterocycles. The lowest BCUT2D eigenvalue weighted by Gasteiger charge is -2.10. The standard InChI is InChI=1S/C28H23N3O5/c1-2-35-22-15-13-21(14-16-22)30-26(32)27(33)31-29-18-24-23-11-7-6-8-19(23)12-17-25(24)36-28(34)20-9-4-3-5-10-20/h3-18H,2H2,1H3,(H,30,32)(H,31,33)/b29-18-. The number of nitrogens with zero attached hydrogens (tertiary/aromatic N) is 1. The van der Waals surface area contributed by atoms with Crippen LogP contribution in [0.4, 0.5) is 5.69 Å². The number of hydrogen-bond donors (Lipinski definition) is 2. The molecule has 2 N–H and O–H groups in total. The van der Waals surface area contributed by atoms with Gasteiger partial charge in [0.1, 0.15) is 11.5 Å². The Hall–Kier alpha value is -4.98. The third-order valence-corrected chi connectivity index (χ3v) is 5.13. The number of carbonyl (C=O) groups is 3. The number of nitrogens with one attached hydrogen (secondary N) is 2.